The maximum absolute atomic E-state index is 10.8. The number of aromatic nitrogens is 2. The molecule has 70 valence electrons. The molecule has 1 aromatic heterocycles. The highest BCUT2D eigenvalue weighted by Crippen LogP contribution is 2.12. The summed E-state index contributed by atoms with van der Waals surface area (Å²) < 4.78 is 0. The van der Waals surface area contributed by atoms with Crippen molar-refractivity contribution in [1.82, 2.24) is 9.97 Å². The molecule has 5 nitrogen and oxygen atoms in total. The molecule has 0 aliphatic heterocycles. The normalized spacial score (nSPS) is 9.77. The fraction of sp³-hybridized carbons (Fsp3) is 0.286. The number of amides is 1. The van der Waals surface area contributed by atoms with E-state index in [1.54, 1.807) is 19.0 Å². The van der Waals surface area contributed by atoms with Crippen LogP contribution in [0.3, 0.4) is 0 Å². The molecule has 1 heterocycles. The number of anilines is 1. The first-order valence-corrected chi connectivity index (χ1v) is 3.90. The molecule has 1 amide bonds. The van der Waals surface area contributed by atoms with Crippen LogP contribution in [0, 0.1) is 0 Å². The SMILES string of the molecule is CN(C)c1cc(C(N)=O)nc(Cl)n1. The molecule has 0 unspecified atom stereocenters. The summed E-state index contributed by atoms with van der Waals surface area (Å²) in [5, 5.41) is 0.0139. The van der Waals surface area contributed by atoms with Crippen molar-refractivity contribution in [3.05, 3.63) is 17.0 Å². The van der Waals surface area contributed by atoms with Crippen LogP contribution in [0.4, 0.5) is 5.82 Å². The lowest BCUT2D eigenvalue weighted by Gasteiger charge is -2.11. The van der Waals surface area contributed by atoms with Gasteiger partial charge in [-0.3, -0.25) is 4.79 Å². The first-order chi connectivity index (χ1) is 6.00. The van der Waals surface area contributed by atoms with Crippen LogP contribution in [0.5, 0.6) is 0 Å². The highest BCUT2D eigenvalue weighted by atomic mass is 35.5. The third-order valence-corrected chi connectivity index (χ3v) is 1.57. The minimum atomic E-state index is -0.618. The molecular weight excluding hydrogens is 192 g/mol. The lowest BCUT2D eigenvalue weighted by molar-refractivity contribution is 0.0995. The van der Waals surface area contributed by atoms with Crippen LogP contribution in [0.25, 0.3) is 0 Å². The maximum atomic E-state index is 10.8. The maximum Gasteiger partial charge on any atom is 0.267 e. The summed E-state index contributed by atoms with van der Waals surface area (Å²) in [4.78, 5) is 20.0. The summed E-state index contributed by atoms with van der Waals surface area (Å²) >= 11 is 5.58. The summed E-state index contributed by atoms with van der Waals surface area (Å²) in [7, 11) is 3.56. The second-order valence-corrected chi connectivity index (χ2v) is 2.98. The Morgan fingerprint density at radius 2 is 2.15 bits per heavy atom. The quantitative estimate of drug-likeness (QED) is 0.697. The van der Waals surface area contributed by atoms with Gasteiger partial charge < -0.3 is 10.6 Å². The number of hydrogen-bond acceptors (Lipinski definition) is 4. The summed E-state index contributed by atoms with van der Waals surface area (Å²) in [5.74, 6) is -0.0683. The second-order valence-electron chi connectivity index (χ2n) is 2.64. The molecule has 0 fully saturated rings. The molecule has 13 heavy (non-hydrogen) atoms. The van der Waals surface area contributed by atoms with Gasteiger partial charge in [0, 0.05) is 20.2 Å². The Morgan fingerprint density at radius 3 is 2.62 bits per heavy atom. The molecule has 1 aromatic rings. The number of nitrogens with two attached hydrogens (primary N) is 1. The molecule has 0 atom stereocenters. The van der Waals surface area contributed by atoms with Crippen LogP contribution >= 0.6 is 11.6 Å². The molecule has 2 N–H and O–H groups in total. The van der Waals surface area contributed by atoms with Gasteiger partial charge in [-0.25, -0.2) is 9.97 Å². The Hall–Kier alpha value is -1.36. The Bertz CT molecular complexity index is 339. The summed E-state index contributed by atoms with van der Waals surface area (Å²) in [6.45, 7) is 0. The smallest absolute Gasteiger partial charge is 0.267 e. The average molecular weight is 201 g/mol. The molecule has 6 heteroatoms. The molecule has 0 saturated carbocycles. The van der Waals surface area contributed by atoms with E-state index in [0.717, 1.165) is 0 Å². The number of nitrogens with zero attached hydrogens (tertiary/aromatic N) is 3. The van der Waals surface area contributed by atoms with Crippen molar-refractivity contribution in [2.24, 2.45) is 5.73 Å². The summed E-state index contributed by atoms with van der Waals surface area (Å²) in [6.07, 6.45) is 0. The van der Waals surface area contributed by atoms with Crippen LogP contribution < -0.4 is 10.6 Å². The zero-order valence-electron chi connectivity index (χ0n) is 7.28. The van der Waals surface area contributed by atoms with Crippen molar-refractivity contribution in [3.8, 4) is 0 Å². The van der Waals surface area contributed by atoms with Gasteiger partial charge in [0.1, 0.15) is 11.5 Å². The topological polar surface area (TPSA) is 72.1 Å². The highest BCUT2D eigenvalue weighted by molar-refractivity contribution is 6.28. The van der Waals surface area contributed by atoms with E-state index in [-0.39, 0.29) is 11.0 Å². The molecular formula is C7H9ClN4O. The lowest BCUT2D eigenvalue weighted by atomic mass is 10.3. The third kappa shape index (κ3) is 2.29. The summed E-state index contributed by atoms with van der Waals surface area (Å²) in [5.41, 5.74) is 5.16. The van der Waals surface area contributed by atoms with Crippen molar-refractivity contribution >= 4 is 23.3 Å². The fourth-order valence-corrected chi connectivity index (χ4v) is 0.939. The van der Waals surface area contributed by atoms with Gasteiger partial charge in [0.15, 0.2) is 0 Å². The highest BCUT2D eigenvalue weighted by Gasteiger charge is 2.08. The van der Waals surface area contributed by atoms with E-state index in [1.807, 2.05) is 0 Å². The fourth-order valence-electron chi connectivity index (χ4n) is 0.761. The van der Waals surface area contributed by atoms with Crippen molar-refractivity contribution in [2.45, 2.75) is 0 Å². The summed E-state index contributed by atoms with van der Waals surface area (Å²) in [6, 6.07) is 1.48. The van der Waals surface area contributed by atoms with Crippen LogP contribution in [-0.4, -0.2) is 30.0 Å². The van der Waals surface area contributed by atoms with Crippen LogP contribution in [0.1, 0.15) is 10.5 Å². The van der Waals surface area contributed by atoms with Gasteiger partial charge in [-0.2, -0.15) is 0 Å². The molecule has 0 aliphatic carbocycles. The number of primary amides is 1. The molecule has 0 aliphatic rings. The number of halogens is 1. The molecule has 0 spiro atoms. The van der Waals surface area contributed by atoms with Gasteiger partial charge in [-0.05, 0) is 11.6 Å². The van der Waals surface area contributed by atoms with Crippen molar-refractivity contribution in [2.75, 3.05) is 19.0 Å². The molecule has 0 saturated heterocycles. The first-order valence-electron chi connectivity index (χ1n) is 3.52. The zero-order chi connectivity index (χ0) is 10.0. The van der Waals surface area contributed by atoms with E-state index in [0.29, 0.717) is 5.82 Å². The van der Waals surface area contributed by atoms with Gasteiger partial charge >= 0.3 is 0 Å². The molecule has 0 aromatic carbocycles. The van der Waals surface area contributed by atoms with E-state index < -0.39 is 5.91 Å². The number of rotatable bonds is 2. The minimum absolute atomic E-state index is 0.0139. The van der Waals surface area contributed by atoms with Gasteiger partial charge in [0.25, 0.3) is 5.91 Å². The Labute approximate surface area is 80.5 Å². The Morgan fingerprint density at radius 1 is 1.54 bits per heavy atom. The predicted molar refractivity (Wildman–Crippen MR) is 49.9 cm³/mol. The van der Waals surface area contributed by atoms with Gasteiger partial charge in [-0.1, -0.05) is 0 Å². The standard InChI is InChI=1S/C7H9ClN4O/c1-12(2)5-3-4(6(9)13)10-7(8)11-5/h3H,1-2H3,(H2,9,13). The first kappa shape index (κ1) is 9.73. The Balaban J connectivity index is 3.19. The van der Waals surface area contributed by atoms with Crippen LogP contribution in [-0.2, 0) is 0 Å². The minimum Gasteiger partial charge on any atom is -0.364 e. The van der Waals surface area contributed by atoms with Gasteiger partial charge in [0.2, 0.25) is 5.28 Å². The third-order valence-electron chi connectivity index (χ3n) is 1.40. The van der Waals surface area contributed by atoms with Crippen LogP contribution in [0.15, 0.2) is 6.07 Å². The Kier molecular flexibility index (Phi) is 2.67. The molecule has 0 radical (unpaired) electrons. The lowest BCUT2D eigenvalue weighted by Crippen LogP contribution is -2.17. The average Bonchev–Trinajstić information content (AvgIpc) is 2.03. The van der Waals surface area contributed by atoms with Crippen molar-refractivity contribution in [1.29, 1.82) is 0 Å². The number of carbonyl (C=O) groups is 1. The van der Waals surface area contributed by atoms with E-state index in [4.69, 9.17) is 17.3 Å². The van der Waals surface area contributed by atoms with Gasteiger partial charge in [-0.15, -0.1) is 0 Å². The van der Waals surface area contributed by atoms with E-state index in [9.17, 15) is 4.79 Å². The number of hydrogen-bond donors (Lipinski definition) is 1. The van der Waals surface area contributed by atoms with E-state index in [2.05, 4.69) is 9.97 Å². The van der Waals surface area contributed by atoms with E-state index >= 15 is 0 Å². The number of carbonyl (C=O) groups excluding carboxylic acids is 1. The van der Waals surface area contributed by atoms with E-state index in [1.165, 1.54) is 6.07 Å². The second kappa shape index (κ2) is 3.57. The van der Waals surface area contributed by atoms with Crippen molar-refractivity contribution < 1.29 is 4.79 Å². The van der Waals surface area contributed by atoms with Gasteiger partial charge in [0.05, 0.1) is 0 Å². The monoisotopic (exact) mass is 200 g/mol. The molecule has 1 rings (SSSR count). The van der Waals surface area contributed by atoms with Crippen LogP contribution in [0.2, 0.25) is 5.28 Å². The predicted octanol–water partition coefficient (Wildman–Crippen LogP) is 0.295. The zero-order valence-corrected chi connectivity index (χ0v) is 8.04. The molecule has 0 bridgehead atoms. The largest absolute Gasteiger partial charge is 0.364 e. The van der Waals surface area contributed by atoms with Crippen molar-refractivity contribution in [3.63, 3.8) is 0 Å².